The summed E-state index contributed by atoms with van der Waals surface area (Å²) in [5, 5.41) is 2.86. The van der Waals surface area contributed by atoms with Crippen molar-refractivity contribution in [3.8, 4) is 5.75 Å². The number of piperidine rings is 1. The fourth-order valence-electron chi connectivity index (χ4n) is 3.77. The van der Waals surface area contributed by atoms with Crippen LogP contribution in [0.1, 0.15) is 36.2 Å². The molecule has 1 saturated heterocycles. The minimum absolute atomic E-state index is 0.0185. The standard InChI is InChI=1S/C23H27BrN2O3/c1-15-10-16(2)13-26(12-15)23(28)18-5-4-17(3)21(11-18)25-22(27)14-29-20-8-6-19(24)7-9-20/h4-9,11,15-16H,10,12-14H2,1-3H3,(H,25,27). The Morgan fingerprint density at radius 2 is 1.76 bits per heavy atom. The zero-order valence-electron chi connectivity index (χ0n) is 17.1. The van der Waals surface area contributed by atoms with Crippen LogP contribution in [0.5, 0.6) is 5.75 Å². The average molecular weight is 459 g/mol. The Hall–Kier alpha value is -2.34. The van der Waals surface area contributed by atoms with Gasteiger partial charge in [0.05, 0.1) is 0 Å². The number of halogens is 1. The number of benzene rings is 2. The third kappa shape index (κ3) is 5.82. The number of ether oxygens (including phenoxy) is 1. The SMILES string of the molecule is Cc1ccc(C(=O)N2CC(C)CC(C)C2)cc1NC(=O)COc1ccc(Br)cc1. The molecule has 0 aromatic heterocycles. The monoisotopic (exact) mass is 458 g/mol. The van der Waals surface area contributed by atoms with E-state index in [-0.39, 0.29) is 18.4 Å². The molecule has 0 aliphatic carbocycles. The number of carbonyl (C=O) groups is 2. The molecular weight excluding hydrogens is 432 g/mol. The summed E-state index contributed by atoms with van der Waals surface area (Å²) in [5.41, 5.74) is 2.14. The minimum atomic E-state index is -0.263. The minimum Gasteiger partial charge on any atom is -0.484 e. The molecule has 29 heavy (non-hydrogen) atoms. The first-order valence-electron chi connectivity index (χ1n) is 9.90. The quantitative estimate of drug-likeness (QED) is 0.693. The zero-order valence-corrected chi connectivity index (χ0v) is 18.7. The molecule has 2 aromatic rings. The Morgan fingerprint density at radius 1 is 1.10 bits per heavy atom. The van der Waals surface area contributed by atoms with Gasteiger partial charge >= 0.3 is 0 Å². The van der Waals surface area contributed by atoms with E-state index in [2.05, 4.69) is 35.1 Å². The van der Waals surface area contributed by atoms with E-state index in [4.69, 9.17) is 4.74 Å². The van der Waals surface area contributed by atoms with Gasteiger partial charge in [-0.05, 0) is 67.1 Å². The zero-order chi connectivity index (χ0) is 21.0. The lowest BCUT2D eigenvalue weighted by Gasteiger charge is -2.35. The predicted molar refractivity (Wildman–Crippen MR) is 118 cm³/mol. The van der Waals surface area contributed by atoms with Gasteiger partial charge in [0.15, 0.2) is 6.61 Å². The van der Waals surface area contributed by atoms with Crippen molar-refractivity contribution in [1.29, 1.82) is 0 Å². The summed E-state index contributed by atoms with van der Waals surface area (Å²) < 4.78 is 6.47. The molecule has 6 heteroatoms. The van der Waals surface area contributed by atoms with Crippen LogP contribution in [0, 0.1) is 18.8 Å². The normalized spacial score (nSPS) is 19.0. The van der Waals surface area contributed by atoms with Crippen molar-refractivity contribution in [2.24, 2.45) is 11.8 Å². The largest absolute Gasteiger partial charge is 0.484 e. The van der Waals surface area contributed by atoms with Crippen molar-refractivity contribution in [2.75, 3.05) is 25.0 Å². The topological polar surface area (TPSA) is 58.6 Å². The van der Waals surface area contributed by atoms with E-state index in [0.29, 0.717) is 28.8 Å². The molecule has 2 unspecified atom stereocenters. The molecule has 1 heterocycles. The predicted octanol–water partition coefficient (Wildman–Crippen LogP) is 4.89. The highest BCUT2D eigenvalue weighted by Crippen LogP contribution is 2.24. The Balaban J connectivity index is 1.64. The van der Waals surface area contributed by atoms with Gasteiger partial charge in [-0.3, -0.25) is 9.59 Å². The molecule has 0 radical (unpaired) electrons. The second kappa shape index (κ2) is 9.44. The summed E-state index contributed by atoms with van der Waals surface area (Å²) in [7, 11) is 0. The van der Waals surface area contributed by atoms with Crippen LogP contribution in [-0.4, -0.2) is 36.4 Å². The van der Waals surface area contributed by atoms with Gasteiger partial charge < -0.3 is 15.0 Å². The fourth-order valence-corrected chi connectivity index (χ4v) is 4.03. The van der Waals surface area contributed by atoms with E-state index in [1.165, 1.54) is 0 Å². The Morgan fingerprint density at radius 3 is 2.41 bits per heavy atom. The molecule has 2 aromatic carbocycles. The molecule has 5 nitrogen and oxygen atoms in total. The number of aryl methyl sites for hydroxylation is 1. The van der Waals surface area contributed by atoms with E-state index < -0.39 is 0 Å². The summed E-state index contributed by atoms with van der Waals surface area (Å²) in [4.78, 5) is 27.2. The summed E-state index contributed by atoms with van der Waals surface area (Å²) in [6.07, 6.45) is 1.15. The highest BCUT2D eigenvalue weighted by atomic mass is 79.9. The molecular formula is C23H27BrN2O3. The number of carbonyl (C=O) groups excluding carboxylic acids is 2. The van der Waals surface area contributed by atoms with Crippen LogP contribution in [0.4, 0.5) is 5.69 Å². The van der Waals surface area contributed by atoms with Crippen molar-refractivity contribution in [3.05, 3.63) is 58.1 Å². The Bertz CT molecular complexity index is 872. The molecule has 0 spiro atoms. The van der Waals surface area contributed by atoms with Crippen LogP contribution in [-0.2, 0) is 4.79 Å². The lowest BCUT2D eigenvalue weighted by Crippen LogP contribution is -2.42. The number of amides is 2. The van der Waals surface area contributed by atoms with E-state index in [1.54, 1.807) is 18.2 Å². The lowest BCUT2D eigenvalue weighted by molar-refractivity contribution is -0.118. The smallest absolute Gasteiger partial charge is 0.262 e. The van der Waals surface area contributed by atoms with Crippen molar-refractivity contribution in [2.45, 2.75) is 27.2 Å². The molecule has 1 N–H and O–H groups in total. The third-order valence-electron chi connectivity index (χ3n) is 5.10. The number of hydrogen-bond donors (Lipinski definition) is 1. The maximum atomic E-state index is 13.0. The van der Waals surface area contributed by atoms with Gasteiger partial charge in [0.2, 0.25) is 0 Å². The fraction of sp³-hybridized carbons (Fsp3) is 0.391. The van der Waals surface area contributed by atoms with Gasteiger partial charge in [-0.25, -0.2) is 0 Å². The molecule has 2 amide bonds. The van der Waals surface area contributed by atoms with E-state index in [9.17, 15) is 9.59 Å². The average Bonchev–Trinajstić information content (AvgIpc) is 2.68. The van der Waals surface area contributed by atoms with Crippen molar-refractivity contribution in [3.63, 3.8) is 0 Å². The van der Waals surface area contributed by atoms with Crippen molar-refractivity contribution < 1.29 is 14.3 Å². The van der Waals surface area contributed by atoms with Crippen molar-refractivity contribution >= 4 is 33.4 Å². The molecule has 154 valence electrons. The lowest BCUT2D eigenvalue weighted by atomic mass is 9.91. The van der Waals surface area contributed by atoms with Gasteiger partial charge in [-0.2, -0.15) is 0 Å². The molecule has 3 rings (SSSR count). The molecule has 1 aliphatic rings. The maximum absolute atomic E-state index is 13.0. The number of hydrogen-bond acceptors (Lipinski definition) is 3. The van der Waals surface area contributed by atoms with Crippen LogP contribution in [0.2, 0.25) is 0 Å². The second-order valence-electron chi connectivity index (χ2n) is 7.98. The molecule has 1 fully saturated rings. The van der Waals surface area contributed by atoms with Gasteiger partial charge in [0.1, 0.15) is 5.75 Å². The van der Waals surface area contributed by atoms with E-state index >= 15 is 0 Å². The maximum Gasteiger partial charge on any atom is 0.262 e. The number of likely N-dealkylation sites (tertiary alicyclic amines) is 1. The molecule has 0 saturated carbocycles. The first-order chi connectivity index (χ1) is 13.8. The number of anilines is 1. The highest BCUT2D eigenvalue weighted by molar-refractivity contribution is 9.10. The summed E-state index contributed by atoms with van der Waals surface area (Å²) in [6, 6.07) is 12.8. The summed E-state index contributed by atoms with van der Waals surface area (Å²) in [6.45, 7) is 7.73. The van der Waals surface area contributed by atoms with Crippen molar-refractivity contribution in [1.82, 2.24) is 4.90 Å². The molecule has 0 bridgehead atoms. The van der Waals surface area contributed by atoms with Gasteiger partial charge in [0, 0.05) is 28.8 Å². The Labute approximate surface area is 180 Å². The number of nitrogens with zero attached hydrogens (tertiary/aromatic N) is 1. The molecule has 1 aliphatic heterocycles. The third-order valence-corrected chi connectivity index (χ3v) is 5.63. The number of nitrogens with one attached hydrogen (secondary N) is 1. The first kappa shape index (κ1) is 21.4. The van der Waals surface area contributed by atoms with Gasteiger partial charge in [-0.15, -0.1) is 0 Å². The van der Waals surface area contributed by atoms with Gasteiger partial charge in [-0.1, -0.05) is 35.8 Å². The Kier molecular flexibility index (Phi) is 6.96. The van der Waals surface area contributed by atoms with Gasteiger partial charge in [0.25, 0.3) is 11.8 Å². The molecule has 2 atom stereocenters. The van der Waals surface area contributed by atoms with Crippen LogP contribution in [0.25, 0.3) is 0 Å². The second-order valence-corrected chi connectivity index (χ2v) is 8.89. The highest BCUT2D eigenvalue weighted by Gasteiger charge is 2.26. The van der Waals surface area contributed by atoms with E-state index in [1.807, 2.05) is 36.1 Å². The van der Waals surface area contributed by atoms with E-state index in [0.717, 1.165) is 29.5 Å². The van der Waals surface area contributed by atoms with Crippen LogP contribution in [0.3, 0.4) is 0 Å². The number of rotatable bonds is 5. The van der Waals surface area contributed by atoms with Crippen LogP contribution in [0.15, 0.2) is 46.9 Å². The summed E-state index contributed by atoms with van der Waals surface area (Å²) >= 11 is 3.37. The summed E-state index contributed by atoms with van der Waals surface area (Å²) in [5.74, 6) is 1.38. The van der Waals surface area contributed by atoms with Crippen LogP contribution >= 0.6 is 15.9 Å². The van der Waals surface area contributed by atoms with Crippen LogP contribution < -0.4 is 10.1 Å². The first-order valence-corrected chi connectivity index (χ1v) is 10.7.